The van der Waals surface area contributed by atoms with E-state index in [0.717, 1.165) is 10.9 Å². The SMILES string of the molecule is COC(=O)Cn1cc2ccc(N)cc2n1. The van der Waals surface area contributed by atoms with Gasteiger partial charge in [-0.3, -0.25) is 9.48 Å². The average molecular weight is 205 g/mol. The van der Waals surface area contributed by atoms with E-state index in [1.54, 1.807) is 18.3 Å². The molecule has 2 N–H and O–H groups in total. The Hall–Kier alpha value is -2.04. The van der Waals surface area contributed by atoms with Crippen LogP contribution in [-0.4, -0.2) is 22.9 Å². The second-order valence-corrected chi connectivity index (χ2v) is 3.22. The monoisotopic (exact) mass is 205 g/mol. The van der Waals surface area contributed by atoms with Crippen molar-refractivity contribution in [3.8, 4) is 0 Å². The fourth-order valence-electron chi connectivity index (χ4n) is 1.36. The molecule has 1 heterocycles. The predicted octanol–water partition coefficient (Wildman–Crippen LogP) is 0.791. The Morgan fingerprint density at radius 1 is 1.60 bits per heavy atom. The van der Waals surface area contributed by atoms with Crippen LogP contribution in [0.2, 0.25) is 0 Å². The summed E-state index contributed by atoms with van der Waals surface area (Å²) in [5.74, 6) is -0.323. The van der Waals surface area contributed by atoms with Crippen LogP contribution in [0, 0.1) is 0 Å². The fourth-order valence-corrected chi connectivity index (χ4v) is 1.36. The van der Waals surface area contributed by atoms with Crippen molar-refractivity contribution in [3.63, 3.8) is 0 Å². The summed E-state index contributed by atoms with van der Waals surface area (Å²) in [6.07, 6.45) is 1.78. The molecule has 0 fully saturated rings. The smallest absolute Gasteiger partial charge is 0.327 e. The number of methoxy groups -OCH3 is 1. The number of nitrogens with two attached hydrogens (primary N) is 1. The molecule has 0 saturated heterocycles. The number of esters is 1. The van der Waals surface area contributed by atoms with Crippen LogP contribution in [-0.2, 0) is 16.1 Å². The van der Waals surface area contributed by atoms with Gasteiger partial charge in [0, 0.05) is 17.3 Å². The van der Waals surface area contributed by atoms with E-state index in [1.165, 1.54) is 11.8 Å². The van der Waals surface area contributed by atoms with Crippen LogP contribution in [0.3, 0.4) is 0 Å². The maximum atomic E-state index is 11.0. The number of anilines is 1. The fraction of sp³-hybridized carbons (Fsp3) is 0.200. The summed E-state index contributed by atoms with van der Waals surface area (Å²) in [7, 11) is 1.35. The van der Waals surface area contributed by atoms with Gasteiger partial charge in [-0.2, -0.15) is 5.10 Å². The third-order valence-electron chi connectivity index (χ3n) is 2.10. The van der Waals surface area contributed by atoms with Crippen molar-refractivity contribution in [2.45, 2.75) is 6.54 Å². The van der Waals surface area contributed by atoms with Crippen molar-refractivity contribution in [1.82, 2.24) is 9.78 Å². The lowest BCUT2D eigenvalue weighted by Gasteiger charge is -1.97. The van der Waals surface area contributed by atoms with Crippen LogP contribution in [0.5, 0.6) is 0 Å². The Morgan fingerprint density at radius 2 is 2.40 bits per heavy atom. The van der Waals surface area contributed by atoms with Crippen LogP contribution in [0.4, 0.5) is 5.69 Å². The van der Waals surface area contributed by atoms with Gasteiger partial charge >= 0.3 is 5.97 Å². The molecule has 0 aliphatic carbocycles. The molecule has 5 heteroatoms. The van der Waals surface area contributed by atoms with Crippen molar-refractivity contribution in [2.24, 2.45) is 0 Å². The first-order valence-corrected chi connectivity index (χ1v) is 4.48. The van der Waals surface area contributed by atoms with E-state index < -0.39 is 0 Å². The number of nitrogen functional groups attached to an aromatic ring is 1. The highest BCUT2D eigenvalue weighted by atomic mass is 16.5. The van der Waals surface area contributed by atoms with Gasteiger partial charge in [-0.05, 0) is 18.2 Å². The number of rotatable bonds is 2. The molecular formula is C10H11N3O2. The predicted molar refractivity (Wildman–Crippen MR) is 56.2 cm³/mol. The van der Waals surface area contributed by atoms with E-state index in [4.69, 9.17) is 5.73 Å². The summed E-state index contributed by atoms with van der Waals surface area (Å²) in [5, 5.41) is 5.15. The van der Waals surface area contributed by atoms with E-state index in [0.29, 0.717) is 5.69 Å². The number of benzene rings is 1. The summed E-state index contributed by atoms with van der Waals surface area (Å²) in [6, 6.07) is 5.43. The van der Waals surface area contributed by atoms with E-state index >= 15 is 0 Å². The van der Waals surface area contributed by atoms with E-state index in [2.05, 4.69) is 9.84 Å². The number of fused-ring (bicyclic) bond motifs is 1. The van der Waals surface area contributed by atoms with Crippen molar-refractivity contribution in [2.75, 3.05) is 12.8 Å². The van der Waals surface area contributed by atoms with Gasteiger partial charge in [0.1, 0.15) is 6.54 Å². The lowest BCUT2D eigenvalue weighted by molar-refractivity contribution is -0.141. The zero-order chi connectivity index (χ0) is 10.8. The van der Waals surface area contributed by atoms with Gasteiger partial charge in [0.15, 0.2) is 0 Å². The largest absolute Gasteiger partial charge is 0.468 e. The Labute approximate surface area is 86.4 Å². The van der Waals surface area contributed by atoms with Crippen LogP contribution in [0.15, 0.2) is 24.4 Å². The molecule has 0 saturated carbocycles. The molecule has 0 aliphatic heterocycles. The van der Waals surface area contributed by atoms with Crippen LogP contribution in [0.1, 0.15) is 0 Å². The van der Waals surface area contributed by atoms with Crippen LogP contribution < -0.4 is 5.73 Å². The molecular weight excluding hydrogens is 194 g/mol. The van der Waals surface area contributed by atoms with Crippen LogP contribution in [0.25, 0.3) is 10.9 Å². The highest BCUT2D eigenvalue weighted by Gasteiger charge is 2.05. The highest BCUT2D eigenvalue weighted by Crippen LogP contribution is 2.15. The number of hydrogen-bond donors (Lipinski definition) is 1. The van der Waals surface area contributed by atoms with E-state index in [1.807, 2.05) is 6.07 Å². The molecule has 0 amide bonds. The molecule has 1 aromatic heterocycles. The molecule has 0 unspecified atom stereocenters. The molecule has 0 spiro atoms. The van der Waals surface area contributed by atoms with Gasteiger partial charge in [-0.15, -0.1) is 0 Å². The molecule has 0 atom stereocenters. The first kappa shape index (κ1) is 9.51. The highest BCUT2D eigenvalue weighted by molar-refractivity contribution is 5.81. The normalized spacial score (nSPS) is 10.5. The molecule has 78 valence electrons. The minimum atomic E-state index is -0.323. The van der Waals surface area contributed by atoms with Gasteiger partial charge in [0.25, 0.3) is 0 Å². The number of carbonyl (C=O) groups is 1. The lowest BCUT2D eigenvalue weighted by Crippen LogP contribution is -2.11. The molecule has 0 aliphatic rings. The molecule has 0 radical (unpaired) electrons. The number of nitrogens with zero attached hydrogens (tertiary/aromatic N) is 2. The van der Waals surface area contributed by atoms with Crippen LogP contribution >= 0.6 is 0 Å². The molecule has 0 bridgehead atoms. The van der Waals surface area contributed by atoms with Crippen molar-refractivity contribution < 1.29 is 9.53 Å². The zero-order valence-corrected chi connectivity index (χ0v) is 8.30. The van der Waals surface area contributed by atoms with Gasteiger partial charge in [0.2, 0.25) is 0 Å². The van der Waals surface area contributed by atoms with Gasteiger partial charge < -0.3 is 10.5 Å². The molecule has 15 heavy (non-hydrogen) atoms. The summed E-state index contributed by atoms with van der Waals surface area (Å²) >= 11 is 0. The van der Waals surface area contributed by atoms with Crippen molar-refractivity contribution >= 4 is 22.6 Å². The average Bonchev–Trinajstić information content (AvgIpc) is 2.59. The zero-order valence-electron chi connectivity index (χ0n) is 8.30. The van der Waals surface area contributed by atoms with E-state index in [-0.39, 0.29) is 12.5 Å². The maximum absolute atomic E-state index is 11.0. The van der Waals surface area contributed by atoms with Crippen molar-refractivity contribution in [1.29, 1.82) is 0 Å². The Morgan fingerprint density at radius 3 is 3.13 bits per heavy atom. The Balaban J connectivity index is 2.34. The number of carbonyl (C=O) groups excluding carboxylic acids is 1. The number of hydrogen-bond acceptors (Lipinski definition) is 4. The van der Waals surface area contributed by atoms with Gasteiger partial charge in [-0.25, -0.2) is 0 Å². The molecule has 2 aromatic rings. The standard InChI is InChI=1S/C10H11N3O2/c1-15-10(14)6-13-5-7-2-3-8(11)4-9(7)12-13/h2-5H,6,11H2,1H3. The third-order valence-corrected chi connectivity index (χ3v) is 2.10. The third kappa shape index (κ3) is 1.90. The maximum Gasteiger partial charge on any atom is 0.327 e. The molecule has 1 aromatic carbocycles. The van der Waals surface area contributed by atoms with E-state index in [9.17, 15) is 4.79 Å². The lowest BCUT2D eigenvalue weighted by atomic mass is 10.2. The summed E-state index contributed by atoms with van der Waals surface area (Å²) < 4.78 is 6.09. The van der Waals surface area contributed by atoms with Gasteiger partial charge in [0.05, 0.1) is 12.6 Å². The summed E-state index contributed by atoms with van der Waals surface area (Å²) in [6.45, 7) is 0.116. The second-order valence-electron chi connectivity index (χ2n) is 3.22. The minimum Gasteiger partial charge on any atom is -0.468 e. The first-order chi connectivity index (χ1) is 7.19. The molecule has 5 nitrogen and oxygen atoms in total. The topological polar surface area (TPSA) is 70.1 Å². The Bertz CT molecular complexity index is 504. The van der Waals surface area contributed by atoms with Crippen molar-refractivity contribution in [3.05, 3.63) is 24.4 Å². The quantitative estimate of drug-likeness (QED) is 0.581. The molecule has 2 rings (SSSR count). The summed E-state index contributed by atoms with van der Waals surface area (Å²) in [5.41, 5.74) is 7.05. The number of aromatic nitrogens is 2. The number of ether oxygens (including phenoxy) is 1. The first-order valence-electron chi connectivity index (χ1n) is 4.48. The second kappa shape index (κ2) is 3.61. The summed E-state index contributed by atoms with van der Waals surface area (Å²) in [4.78, 5) is 11.0. The Kier molecular flexibility index (Phi) is 2.29. The minimum absolute atomic E-state index is 0.116. The van der Waals surface area contributed by atoms with Gasteiger partial charge in [-0.1, -0.05) is 0 Å².